The minimum absolute atomic E-state index is 0.0909. The van der Waals surface area contributed by atoms with Crippen molar-refractivity contribution in [2.75, 3.05) is 67.1 Å². The molecule has 1 N–H and O–H groups in total. The Labute approximate surface area is 348 Å². The van der Waals surface area contributed by atoms with Gasteiger partial charge in [0, 0.05) is 105 Å². The molecule has 3 aromatic carbocycles. The van der Waals surface area contributed by atoms with Crippen LogP contribution in [-0.4, -0.2) is 121 Å². The summed E-state index contributed by atoms with van der Waals surface area (Å²) in [6, 6.07) is 19.4. The largest absolute Gasteiger partial charge is 0.371 e. The number of hydrogen-bond donors (Lipinski definition) is 1. The van der Waals surface area contributed by atoms with Crippen molar-refractivity contribution in [2.45, 2.75) is 75.5 Å². The summed E-state index contributed by atoms with van der Waals surface area (Å²) in [5.41, 5.74) is 5.28. The summed E-state index contributed by atoms with van der Waals surface area (Å²) in [4.78, 5) is 80.9. The van der Waals surface area contributed by atoms with Gasteiger partial charge in [-0.05, 0) is 105 Å². The number of anilines is 3. The number of amides is 5. The maximum absolute atomic E-state index is 13.8. The third kappa shape index (κ3) is 6.61. The highest BCUT2D eigenvalue weighted by Gasteiger charge is 2.49. The lowest BCUT2D eigenvalue weighted by Gasteiger charge is -2.43. The van der Waals surface area contributed by atoms with Gasteiger partial charge in [-0.25, -0.2) is 4.85 Å². The monoisotopic (exact) mass is 814 g/mol. The highest BCUT2D eigenvalue weighted by Crippen LogP contribution is 2.44. The van der Waals surface area contributed by atoms with Gasteiger partial charge in [-0.2, -0.15) is 0 Å². The molecule has 3 atom stereocenters. The van der Waals surface area contributed by atoms with Crippen LogP contribution in [-0.2, 0) is 9.59 Å². The summed E-state index contributed by atoms with van der Waals surface area (Å²) < 4.78 is 0. The topological polar surface area (TPSA) is 121 Å². The van der Waals surface area contributed by atoms with Crippen LogP contribution in [0.25, 0.3) is 4.85 Å². The first-order valence-electron chi connectivity index (χ1n) is 21.0. The quantitative estimate of drug-likeness (QED) is 0.259. The molecule has 0 saturated carbocycles. The predicted molar refractivity (Wildman–Crippen MR) is 223 cm³/mol. The van der Waals surface area contributed by atoms with Gasteiger partial charge in [-0.1, -0.05) is 17.7 Å². The summed E-state index contributed by atoms with van der Waals surface area (Å²) in [7, 11) is 0. The molecule has 7 heterocycles. The van der Waals surface area contributed by atoms with E-state index in [1.165, 1.54) is 5.69 Å². The van der Waals surface area contributed by atoms with Crippen molar-refractivity contribution in [1.82, 2.24) is 20.0 Å². The van der Waals surface area contributed by atoms with Gasteiger partial charge in [-0.3, -0.25) is 39.1 Å². The molecule has 6 fully saturated rings. The fourth-order valence-corrected chi connectivity index (χ4v) is 11.3. The minimum Gasteiger partial charge on any atom is -0.371 e. The minimum atomic E-state index is -0.976. The molecular weight excluding hydrogens is 768 g/mol. The number of piperazine rings is 1. The van der Waals surface area contributed by atoms with Crippen LogP contribution in [0.1, 0.15) is 82.4 Å². The van der Waals surface area contributed by atoms with Gasteiger partial charge in [0.2, 0.25) is 17.5 Å². The zero-order valence-electron chi connectivity index (χ0n) is 32.9. The first-order chi connectivity index (χ1) is 28.6. The summed E-state index contributed by atoms with van der Waals surface area (Å²) in [6.45, 7) is 14.5. The second-order valence-corrected chi connectivity index (χ2v) is 18.0. The smallest absolute Gasteiger partial charge is 0.262 e. The van der Waals surface area contributed by atoms with E-state index in [0.29, 0.717) is 33.9 Å². The Morgan fingerprint density at radius 2 is 1.39 bits per heavy atom. The lowest BCUT2D eigenvalue weighted by molar-refractivity contribution is -0.136. The van der Waals surface area contributed by atoms with Crippen LogP contribution in [0.2, 0.25) is 5.02 Å². The number of carbonyl (C=O) groups is 5. The molecule has 0 aliphatic carbocycles. The molecule has 14 heteroatoms. The van der Waals surface area contributed by atoms with E-state index in [0.717, 1.165) is 113 Å². The average Bonchev–Trinajstić information content (AvgIpc) is 4.04. The molecule has 13 nitrogen and oxygen atoms in total. The summed E-state index contributed by atoms with van der Waals surface area (Å²) >= 11 is 6.35. The zero-order valence-corrected chi connectivity index (χ0v) is 33.7. The molecule has 3 aromatic rings. The number of piperidine rings is 3. The summed E-state index contributed by atoms with van der Waals surface area (Å²) in [5, 5.41) is 2.77. The second kappa shape index (κ2) is 14.7. The number of likely N-dealkylation sites (tertiary alicyclic amines) is 2. The molecule has 7 aliphatic heterocycles. The molecule has 2 bridgehead atoms. The third-order valence-electron chi connectivity index (χ3n) is 14.4. The van der Waals surface area contributed by atoms with E-state index in [2.05, 4.69) is 46.8 Å². The number of imide groups is 2. The second-order valence-electron chi connectivity index (χ2n) is 17.5. The molecule has 1 unspecified atom stereocenters. The molecule has 10 rings (SSSR count). The Hall–Kier alpha value is -5.45. The molecule has 304 valence electrons. The number of rotatable bonds is 6. The molecule has 0 aromatic heterocycles. The molecule has 5 amide bonds. The van der Waals surface area contributed by atoms with Gasteiger partial charge in [0.05, 0.1) is 17.7 Å². The first-order valence-corrected chi connectivity index (χ1v) is 21.4. The van der Waals surface area contributed by atoms with Crippen LogP contribution in [0.15, 0.2) is 60.7 Å². The lowest BCUT2D eigenvalue weighted by Crippen LogP contribution is -2.54. The van der Waals surface area contributed by atoms with Gasteiger partial charge in [-0.15, -0.1) is 0 Å². The van der Waals surface area contributed by atoms with Gasteiger partial charge in [0.15, 0.2) is 0 Å². The SMILES string of the molecule is [C-]#[N+]c1ccc(N2CCC3(CCN(c4ccc(C(=O)N5C[C@H]6C[C@@H]5CN6C5CCN(c6ccc7c(c6)C(=O)N(C6CCC(=O)NC6=O)C7=O)CC5)cc4)CC3)C2)cc1Cl. The number of carbonyl (C=O) groups excluding carboxylic acids is 5. The summed E-state index contributed by atoms with van der Waals surface area (Å²) in [5.74, 6) is -1.86. The van der Waals surface area contributed by atoms with Crippen molar-refractivity contribution >= 4 is 63.9 Å². The number of nitrogens with zero attached hydrogens (tertiary/aromatic N) is 7. The van der Waals surface area contributed by atoms with Crippen LogP contribution in [0.5, 0.6) is 0 Å². The Morgan fingerprint density at radius 1 is 0.729 bits per heavy atom. The highest BCUT2D eigenvalue weighted by atomic mass is 35.5. The molecule has 1 spiro atoms. The van der Waals surface area contributed by atoms with E-state index in [1.54, 1.807) is 12.1 Å². The number of nitrogens with one attached hydrogen (secondary N) is 1. The molecule has 59 heavy (non-hydrogen) atoms. The Balaban J connectivity index is 0.702. The van der Waals surface area contributed by atoms with E-state index in [1.807, 2.05) is 36.4 Å². The average molecular weight is 815 g/mol. The maximum atomic E-state index is 13.8. The summed E-state index contributed by atoms with van der Waals surface area (Å²) in [6.07, 6.45) is 6.55. The molecule has 7 aliphatic rings. The number of fused-ring (bicyclic) bond motifs is 3. The van der Waals surface area contributed by atoms with E-state index in [-0.39, 0.29) is 30.2 Å². The van der Waals surface area contributed by atoms with E-state index in [4.69, 9.17) is 18.2 Å². The normalized spacial score (nSPS) is 25.6. The van der Waals surface area contributed by atoms with Crippen molar-refractivity contribution in [1.29, 1.82) is 0 Å². The van der Waals surface area contributed by atoms with Gasteiger partial charge < -0.3 is 19.6 Å². The Morgan fingerprint density at radius 3 is 2.07 bits per heavy atom. The third-order valence-corrected chi connectivity index (χ3v) is 14.7. The molecule has 0 radical (unpaired) electrons. The zero-order chi connectivity index (χ0) is 40.6. The van der Waals surface area contributed by atoms with Crippen LogP contribution in [0.3, 0.4) is 0 Å². The van der Waals surface area contributed by atoms with Crippen molar-refractivity contribution in [3.63, 3.8) is 0 Å². The van der Waals surface area contributed by atoms with Crippen LogP contribution in [0, 0.1) is 12.0 Å². The van der Waals surface area contributed by atoms with E-state index in [9.17, 15) is 24.0 Å². The van der Waals surface area contributed by atoms with Crippen LogP contribution in [0.4, 0.5) is 22.7 Å². The lowest BCUT2D eigenvalue weighted by atomic mass is 9.77. The number of hydrogen-bond acceptors (Lipinski definition) is 9. The van der Waals surface area contributed by atoms with Crippen molar-refractivity contribution in [3.05, 3.63) is 93.8 Å². The Kier molecular flexibility index (Phi) is 9.40. The predicted octanol–water partition coefficient (Wildman–Crippen LogP) is 5.36. The number of halogens is 1. The molecule has 6 saturated heterocycles. The standard InChI is InChI=1S/C45H47ClN8O5/c1-47-38-9-7-32(24-37(38)46)51-21-16-45(27-51)14-19-50(20-15-45)29-4-2-28(3-5-29)42(57)53-26-33-22-34(53)25-52(33)30-12-17-49(18-13-30)31-6-8-35-36(23-31)44(59)54(43(35)58)39-10-11-40(55)48-41(39)56/h2-9,23-24,30,33-34,39H,10-22,25-27H2,(H,48,55,56)/t33-,34-,39?/m1/s1. The van der Waals surface area contributed by atoms with Crippen molar-refractivity contribution < 1.29 is 24.0 Å². The van der Waals surface area contributed by atoms with E-state index >= 15 is 0 Å². The van der Waals surface area contributed by atoms with Gasteiger partial charge in [0.1, 0.15) is 6.04 Å². The fraction of sp³-hybridized carbons (Fsp3) is 0.467. The Bertz CT molecular complexity index is 2300. The fourth-order valence-electron chi connectivity index (χ4n) is 11.1. The number of benzene rings is 3. The van der Waals surface area contributed by atoms with Crippen LogP contribution >= 0.6 is 11.6 Å². The molecular formula is C45H47ClN8O5. The van der Waals surface area contributed by atoms with Gasteiger partial charge >= 0.3 is 0 Å². The first kappa shape index (κ1) is 37.8. The van der Waals surface area contributed by atoms with Crippen molar-refractivity contribution in [2.24, 2.45) is 5.41 Å². The maximum Gasteiger partial charge on any atom is 0.262 e. The van der Waals surface area contributed by atoms with Gasteiger partial charge in [0.25, 0.3) is 17.7 Å². The van der Waals surface area contributed by atoms with Crippen molar-refractivity contribution in [3.8, 4) is 0 Å². The highest BCUT2D eigenvalue weighted by molar-refractivity contribution is 6.33. The van der Waals surface area contributed by atoms with E-state index < -0.39 is 29.7 Å². The van der Waals surface area contributed by atoms with Crippen LogP contribution < -0.4 is 20.0 Å².